The van der Waals surface area contributed by atoms with Gasteiger partial charge in [-0.05, 0) is 30.2 Å². The van der Waals surface area contributed by atoms with Gasteiger partial charge in [0, 0.05) is 11.6 Å². The van der Waals surface area contributed by atoms with Gasteiger partial charge < -0.3 is 10.5 Å². The van der Waals surface area contributed by atoms with E-state index in [1.165, 1.54) is 5.56 Å². The molecule has 84 valence electrons. The van der Waals surface area contributed by atoms with E-state index in [0.717, 1.165) is 23.4 Å². The Labute approximate surface area is 94.4 Å². The molecule has 3 N–H and O–H groups in total. The van der Waals surface area contributed by atoms with Gasteiger partial charge in [-0.15, -0.1) is 0 Å². The smallest absolute Gasteiger partial charge is 0.145 e. The van der Waals surface area contributed by atoms with Crippen molar-refractivity contribution >= 4 is 5.82 Å². The molecule has 0 fully saturated rings. The fourth-order valence-electron chi connectivity index (χ4n) is 1.62. The highest BCUT2D eigenvalue weighted by Gasteiger charge is 2.05. The summed E-state index contributed by atoms with van der Waals surface area (Å²) in [6, 6.07) is 7.92. The first-order valence-electron chi connectivity index (χ1n) is 5.22. The van der Waals surface area contributed by atoms with Crippen LogP contribution < -0.4 is 10.5 Å². The molecule has 0 aliphatic heterocycles. The number of nitrogens with zero attached hydrogens (tertiary/aromatic N) is 1. The van der Waals surface area contributed by atoms with E-state index in [1.54, 1.807) is 7.11 Å². The zero-order valence-electron chi connectivity index (χ0n) is 9.45. The molecule has 16 heavy (non-hydrogen) atoms. The first-order chi connectivity index (χ1) is 7.72. The van der Waals surface area contributed by atoms with Gasteiger partial charge in [0.05, 0.1) is 12.8 Å². The summed E-state index contributed by atoms with van der Waals surface area (Å²) in [6.07, 6.45) is 0.966. The maximum absolute atomic E-state index is 5.58. The van der Waals surface area contributed by atoms with Crippen molar-refractivity contribution in [3.63, 3.8) is 0 Å². The highest BCUT2D eigenvalue weighted by molar-refractivity contribution is 5.64. The number of aromatic amines is 1. The maximum atomic E-state index is 5.58. The molecule has 0 bridgehead atoms. The van der Waals surface area contributed by atoms with Crippen molar-refractivity contribution < 1.29 is 4.74 Å². The molecule has 0 saturated carbocycles. The van der Waals surface area contributed by atoms with Crippen LogP contribution in [0.25, 0.3) is 11.3 Å². The van der Waals surface area contributed by atoms with E-state index in [0.29, 0.717) is 5.82 Å². The zero-order chi connectivity index (χ0) is 11.5. The molecule has 0 aliphatic rings. The van der Waals surface area contributed by atoms with Crippen molar-refractivity contribution in [1.29, 1.82) is 0 Å². The quantitative estimate of drug-likeness (QED) is 0.828. The van der Waals surface area contributed by atoms with Crippen LogP contribution in [-0.2, 0) is 6.42 Å². The van der Waals surface area contributed by atoms with Gasteiger partial charge in [-0.1, -0.05) is 6.92 Å². The first-order valence-corrected chi connectivity index (χ1v) is 5.22. The number of nitrogen functional groups attached to an aromatic ring is 1. The van der Waals surface area contributed by atoms with Crippen LogP contribution in [0, 0.1) is 0 Å². The van der Waals surface area contributed by atoms with Gasteiger partial charge in [-0.3, -0.25) is 5.10 Å². The van der Waals surface area contributed by atoms with Crippen molar-refractivity contribution in [3.8, 4) is 17.0 Å². The zero-order valence-corrected chi connectivity index (χ0v) is 9.45. The number of nitrogens with one attached hydrogen (secondary N) is 1. The summed E-state index contributed by atoms with van der Waals surface area (Å²) in [5, 5.41) is 6.81. The number of ether oxygens (including phenoxy) is 1. The van der Waals surface area contributed by atoms with Gasteiger partial charge in [0.2, 0.25) is 0 Å². The van der Waals surface area contributed by atoms with Crippen molar-refractivity contribution in [3.05, 3.63) is 29.8 Å². The average Bonchev–Trinajstić information content (AvgIpc) is 2.75. The first kappa shape index (κ1) is 10.5. The van der Waals surface area contributed by atoms with E-state index in [-0.39, 0.29) is 0 Å². The second kappa shape index (κ2) is 4.26. The lowest BCUT2D eigenvalue weighted by molar-refractivity contribution is 0.414. The molecule has 0 saturated heterocycles. The molecule has 4 nitrogen and oxygen atoms in total. The van der Waals surface area contributed by atoms with Crippen LogP contribution in [0.4, 0.5) is 5.82 Å². The minimum atomic E-state index is 0.496. The molecule has 1 heterocycles. The van der Waals surface area contributed by atoms with Crippen molar-refractivity contribution in [2.75, 3.05) is 12.8 Å². The lowest BCUT2D eigenvalue weighted by Crippen LogP contribution is -1.89. The van der Waals surface area contributed by atoms with Crippen LogP contribution in [0.1, 0.15) is 12.5 Å². The predicted octanol–water partition coefficient (Wildman–Crippen LogP) is 2.23. The molecule has 2 rings (SSSR count). The number of hydrogen-bond donors (Lipinski definition) is 2. The molecule has 0 spiro atoms. The standard InChI is InChI=1S/C12H15N3O/c1-3-8-4-9(6-10(5-8)16-2)11-7-12(13)15-14-11/h4-7H,3H2,1-2H3,(H3,13,14,15). The summed E-state index contributed by atoms with van der Waals surface area (Å²) in [4.78, 5) is 0. The number of benzene rings is 1. The summed E-state index contributed by atoms with van der Waals surface area (Å²) >= 11 is 0. The number of aryl methyl sites for hydroxylation is 1. The molecule has 1 aromatic carbocycles. The highest BCUT2D eigenvalue weighted by Crippen LogP contribution is 2.25. The molecular weight excluding hydrogens is 202 g/mol. The number of H-pyrrole nitrogens is 1. The van der Waals surface area contributed by atoms with E-state index in [2.05, 4.69) is 23.2 Å². The second-order valence-corrected chi connectivity index (χ2v) is 3.63. The summed E-state index contributed by atoms with van der Waals surface area (Å²) in [5.74, 6) is 1.35. The third-order valence-electron chi connectivity index (χ3n) is 2.52. The Morgan fingerprint density at radius 3 is 2.69 bits per heavy atom. The lowest BCUT2D eigenvalue weighted by Gasteiger charge is -2.06. The van der Waals surface area contributed by atoms with E-state index in [4.69, 9.17) is 10.5 Å². The monoisotopic (exact) mass is 217 g/mol. The van der Waals surface area contributed by atoms with Gasteiger partial charge in [-0.25, -0.2) is 0 Å². The number of nitrogens with two attached hydrogens (primary N) is 1. The number of rotatable bonds is 3. The van der Waals surface area contributed by atoms with Crippen LogP contribution in [0.15, 0.2) is 24.3 Å². The fourth-order valence-corrected chi connectivity index (χ4v) is 1.62. The third kappa shape index (κ3) is 2.00. The Morgan fingerprint density at radius 2 is 2.12 bits per heavy atom. The Hall–Kier alpha value is -1.97. The van der Waals surface area contributed by atoms with Crippen LogP contribution in [0.3, 0.4) is 0 Å². The minimum Gasteiger partial charge on any atom is -0.497 e. The number of anilines is 1. The number of aromatic nitrogens is 2. The minimum absolute atomic E-state index is 0.496. The Kier molecular flexibility index (Phi) is 2.81. The van der Waals surface area contributed by atoms with Gasteiger partial charge >= 0.3 is 0 Å². The van der Waals surface area contributed by atoms with E-state index >= 15 is 0 Å². The van der Waals surface area contributed by atoms with E-state index in [9.17, 15) is 0 Å². The van der Waals surface area contributed by atoms with E-state index < -0.39 is 0 Å². The Bertz CT molecular complexity index is 469. The van der Waals surface area contributed by atoms with Crippen molar-refractivity contribution in [2.45, 2.75) is 13.3 Å². The topological polar surface area (TPSA) is 63.9 Å². The molecule has 4 heteroatoms. The van der Waals surface area contributed by atoms with Crippen LogP contribution in [-0.4, -0.2) is 17.3 Å². The van der Waals surface area contributed by atoms with Gasteiger partial charge in [-0.2, -0.15) is 5.10 Å². The molecule has 0 unspecified atom stereocenters. The summed E-state index contributed by atoms with van der Waals surface area (Å²) < 4.78 is 5.26. The lowest BCUT2D eigenvalue weighted by atomic mass is 10.1. The maximum Gasteiger partial charge on any atom is 0.145 e. The SMILES string of the molecule is CCc1cc(OC)cc(-c2cc(N)n[nH]2)c1. The Balaban J connectivity index is 2.47. The van der Waals surface area contributed by atoms with Crippen molar-refractivity contribution in [1.82, 2.24) is 10.2 Å². The summed E-state index contributed by atoms with van der Waals surface area (Å²) in [7, 11) is 1.67. The van der Waals surface area contributed by atoms with Crippen LogP contribution >= 0.6 is 0 Å². The Morgan fingerprint density at radius 1 is 1.31 bits per heavy atom. The highest BCUT2D eigenvalue weighted by atomic mass is 16.5. The molecular formula is C12H15N3O. The molecule has 0 amide bonds. The fraction of sp³-hybridized carbons (Fsp3) is 0.250. The normalized spacial score (nSPS) is 10.4. The molecule has 2 aromatic rings. The van der Waals surface area contributed by atoms with Crippen LogP contribution in [0.5, 0.6) is 5.75 Å². The molecule has 0 radical (unpaired) electrons. The molecule has 0 aliphatic carbocycles. The second-order valence-electron chi connectivity index (χ2n) is 3.63. The molecule has 0 atom stereocenters. The van der Waals surface area contributed by atoms with Gasteiger partial charge in [0.1, 0.15) is 11.6 Å². The number of hydrogen-bond acceptors (Lipinski definition) is 3. The largest absolute Gasteiger partial charge is 0.497 e. The molecule has 1 aromatic heterocycles. The number of methoxy groups -OCH3 is 1. The third-order valence-corrected chi connectivity index (χ3v) is 2.52. The summed E-state index contributed by atoms with van der Waals surface area (Å²) in [6.45, 7) is 2.11. The summed E-state index contributed by atoms with van der Waals surface area (Å²) in [5.41, 5.74) is 8.76. The van der Waals surface area contributed by atoms with Gasteiger partial charge in [0.15, 0.2) is 0 Å². The van der Waals surface area contributed by atoms with Crippen LogP contribution in [0.2, 0.25) is 0 Å². The van der Waals surface area contributed by atoms with Gasteiger partial charge in [0.25, 0.3) is 0 Å². The average molecular weight is 217 g/mol. The van der Waals surface area contributed by atoms with Crippen molar-refractivity contribution in [2.24, 2.45) is 0 Å². The predicted molar refractivity (Wildman–Crippen MR) is 64.4 cm³/mol. The van der Waals surface area contributed by atoms with E-state index in [1.807, 2.05) is 18.2 Å².